The molecule has 2 rings (SSSR count). The van der Waals surface area contributed by atoms with Gasteiger partial charge in [-0.3, -0.25) is 0 Å². The van der Waals surface area contributed by atoms with Gasteiger partial charge in [0, 0.05) is 13.2 Å². The molecule has 15 heavy (non-hydrogen) atoms. The summed E-state index contributed by atoms with van der Waals surface area (Å²) in [7, 11) is 0. The summed E-state index contributed by atoms with van der Waals surface area (Å²) in [5.41, 5.74) is -0.0224. The second-order valence-corrected chi connectivity index (χ2v) is 6.33. The maximum absolute atomic E-state index is 10.5. The number of ether oxygens (including phenoxy) is 1. The van der Waals surface area contributed by atoms with Crippen molar-refractivity contribution in [1.82, 2.24) is 0 Å². The molecule has 0 aromatic carbocycles. The Labute approximate surface area is 93.0 Å². The first-order valence-electron chi connectivity index (χ1n) is 6.29. The van der Waals surface area contributed by atoms with Crippen LogP contribution in [0.4, 0.5) is 0 Å². The molecule has 0 spiro atoms. The summed E-state index contributed by atoms with van der Waals surface area (Å²) in [6.45, 7) is 6.33. The van der Waals surface area contributed by atoms with Gasteiger partial charge < -0.3 is 9.84 Å². The molecule has 1 saturated carbocycles. The van der Waals surface area contributed by atoms with Crippen LogP contribution in [0.15, 0.2) is 0 Å². The molecule has 1 N–H and O–H groups in total. The Morgan fingerprint density at radius 3 is 2.40 bits per heavy atom. The van der Waals surface area contributed by atoms with E-state index in [1.807, 2.05) is 0 Å². The molecule has 1 unspecified atom stereocenters. The first-order chi connectivity index (χ1) is 6.99. The van der Waals surface area contributed by atoms with Crippen LogP contribution in [-0.4, -0.2) is 23.9 Å². The summed E-state index contributed by atoms with van der Waals surface area (Å²) in [5.74, 6) is 0.692. The van der Waals surface area contributed by atoms with Gasteiger partial charge in [0.2, 0.25) is 0 Å². The number of hydrogen-bond acceptors (Lipinski definition) is 2. The fourth-order valence-corrected chi connectivity index (χ4v) is 3.30. The van der Waals surface area contributed by atoms with Crippen molar-refractivity contribution in [3.8, 4) is 0 Å². The van der Waals surface area contributed by atoms with Gasteiger partial charge in [-0.1, -0.05) is 13.8 Å². The highest BCUT2D eigenvalue weighted by Crippen LogP contribution is 2.47. The Morgan fingerprint density at radius 1 is 1.20 bits per heavy atom. The summed E-state index contributed by atoms with van der Waals surface area (Å²) in [6, 6.07) is 0. The maximum Gasteiger partial charge on any atom is 0.0655 e. The second-order valence-electron chi connectivity index (χ2n) is 6.33. The van der Waals surface area contributed by atoms with Crippen molar-refractivity contribution in [2.24, 2.45) is 11.3 Å². The van der Waals surface area contributed by atoms with Crippen molar-refractivity contribution in [2.45, 2.75) is 58.0 Å². The molecular weight excluding hydrogens is 188 g/mol. The maximum atomic E-state index is 10.5. The zero-order chi connectivity index (χ0) is 10.9. The van der Waals surface area contributed by atoms with E-state index < -0.39 is 0 Å². The van der Waals surface area contributed by atoms with Crippen molar-refractivity contribution in [1.29, 1.82) is 0 Å². The molecule has 0 aromatic rings. The van der Waals surface area contributed by atoms with Crippen LogP contribution in [0.5, 0.6) is 0 Å². The minimum Gasteiger partial charge on any atom is -0.390 e. The average molecular weight is 212 g/mol. The summed E-state index contributed by atoms with van der Waals surface area (Å²) in [4.78, 5) is 0. The molecule has 88 valence electrons. The van der Waals surface area contributed by atoms with Gasteiger partial charge in [0.25, 0.3) is 0 Å². The lowest BCUT2D eigenvalue weighted by Gasteiger charge is -2.31. The van der Waals surface area contributed by atoms with E-state index in [9.17, 15) is 5.11 Å². The molecule has 2 nitrogen and oxygen atoms in total. The molecule has 1 aliphatic heterocycles. The van der Waals surface area contributed by atoms with Crippen molar-refractivity contribution in [3.63, 3.8) is 0 Å². The lowest BCUT2D eigenvalue weighted by atomic mass is 9.82. The van der Waals surface area contributed by atoms with Gasteiger partial charge in [0.15, 0.2) is 0 Å². The van der Waals surface area contributed by atoms with E-state index in [1.165, 1.54) is 6.42 Å². The van der Waals surface area contributed by atoms with Crippen LogP contribution in [0.25, 0.3) is 0 Å². The molecule has 2 heteroatoms. The van der Waals surface area contributed by atoms with E-state index in [1.54, 1.807) is 0 Å². The van der Waals surface area contributed by atoms with Crippen molar-refractivity contribution >= 4 is 0 Å². The molecular formula is C13H24O2. The average Bonchev–Trinajstić information content (AvgIpc) is 2.42. The van der Waals surface area contributed by atoms with E-state index in [-0.39, 0.29) is 5.60 Å². The zero-order valence-corrected chi connectivity index (χ0v) is 10.1. The normalized spacial score (nSPS) is 37.0. The van der Waals surface area contributed by atoms with Crippen molar-refractivity contribution in [3.05, 3.63) is 0 Å². The van der Waals surface area contributed by atoms with Crippen LogP contribution < -0.4 is 0 Å². The minimum absolute atomic E-state index is 0.347. The molecule has 0 amide bonds. The second kappa shape index (κ2) is 4.06. The fraction of sp³-hybridized carbons (Fsp3) is 1.00. The Hall–Kier alpha value is -0.0800. The molecule has 1 saturated heterocycles. The molecule has 0 aromatic heterocycles. The summed E-state index contributed by atoms with van der Waals surface area (Å²) in [6.07, 6.45) is 6.44. The van der Waals surface area contributed by atoms with Gasteiger partial charge in [-0.25, -0.2) is 0 Å². The molecule has 0 bridgehead atoms. The van der Waals surface area contributed by atoms with Crippen LogP contribution >= 0.6 is 0 Å². The smallest absolute Gasteiger partial charge is 0.0655 e. The van der Waals surface area contributed by atoms with Gasteiger partial charge in [-0.15, -0.1) is 0 Å². The van der Waals surface area contributed by atoms with Gasteiger partial charge in [0.1, 0.15) is 0 Å². The lowest BCUT2D eigenvalue weighted by Crippen LogP contribution is -2.31. The third-order valence-corrected chi connectivity index (χ3v) is 4.08. The van der Waals surface area contributed by atoms with Crippen LogP contribution in [0.3, 0.4) is 0 Å². The van der Waals surface area contributed by atoms with Crippen molar-refractivity contribution < 1.29 is 9.84 Å². The Balaban J connectivity index is 1.88. The number of rotatable bonds is 2. The van der Waals surface area contributed by atoms with Crippen LogP contribution in [-0.2, 0) is 4.74 Å². The van der Waals surface area contributed by atoms with E-state index in [4.69, 9.17) is 4.74 Å². The highest BCUT2D eigenvalue weighted by Gasteiger charge is 2.42. The van der Waals surface area contributed by atoms with E-state index >= 15 is 0 Å². The first-order valence-corrected chi connectivity index (χ1v) is 6.29. The first kappa shape index (κ1) is 11.4. The monoisotopic (exact) mass is 212 g/mol. The van der Waals surface area contributed by atoms with Gasteiger partial charge in [-0.2, -0.15) is 0 Å². The Bertz CT molecular complexity index is 219. The topological polar surface area (TPSA) is 29.5 Å². The molecule has 0 radical (unpaired) electrons. The minimum atomic E-state index is -0.370. The number of hydrogen-bond donors (Lipinski definition) is 1. The third kappa shape index (κ3) is 2.94. The molecule has 2 fully saturated rings. The van der Waals surface area contributed by atoms with Crippen molar-refractivity contribution in [2.75, 3.05) is 13.2 Å². The fourth-order valence-electron chi connectivity index (χ4n) is 3.30. The molecule has 1 aliphatic carbocycles. The van der Waals surface area contributed by atoms with Crippen LogP contribution in [0.2, 0.25) is 0 Å². The third-order valence-electron chi connectivity index (χ3n) is 4.08. The van der Waals surface area contributed by atoms with Gasteiger partial charge in [-0.05, 0) is 49.9 Å². The summed E-state index contributed by atoms with van der Waals surface area (Å²) >= 11 is 0. The van der Waals surface area contributed by atoms with Crippen LogP contribution in [0.1, 0.15) is 52.4 Å². The SMILES string of the molecule is CC1(C)CCC(O)(CC2CCOCC2)C1. The zero-order valence-electron chi connectivity index (χ0n) is 10.1. The molecule has 1 heterocycles. The number of aliphatic hydroxyl groups is 1. The predicted molar refractivity (Wildman–Crippen MR) is 60.7 cm³/mol. The largest absolute Gasteiger partial charge is 0.390 e. The lowest BCUT2D eigenvalue weighted by molar-refractivity contribution is -0.0130. The highest BCUT2D eigenvalue weighted by atomic mass is 16.5. The highest BCUT2D eigenvalue weighted by molar-refractivity contribution is 4.95. The summed E-state index contributed by atoms with van der Waals surface area (Å²) in [5, 5.41) is 10.5. The quantitative estimate of drug-likeness (QED) is 0.762. The van der Waals surface area contributed by atoms with Gasteiger partial charge >= 0.3 is 0 Å². The Morgan fingerprint density at radius 2 is 1.87 bits per heavy atom. The van der Waals surface area contributed by atoms with Gasteiger partial charge in [0.05, 0.1) is 5.60 Å². The predicted octanol–water partition coefficient (Wildman–Crippen LogP) is 2.74. The van der Waals surface area contributed by atoms with E-state index in [0.717, 1.165) is 45.3 Å². The van der Waals surface area contributed by atoms with E-state index in [2.05, 4.69) is 13.8 Å². The van der Waals surface area contributed by atoms with Crippen LogP contribution in [0, 0.1) is 11.3 Å². The Kier molecular flexibility index (Phi) is 3.09. The molecule has 2 aliphatic rings. The summed E-state index contributed by atoms with van der Waals surface area (Å²) < 4.78 is 5.36. The standard InChI is InChI=1S/C13H24O2/c1-12(2)5-6-13(14,10-12)9-11-3-7-15-8-4-11/h11,14H,3-10H2,1-2H3. The molecule has 1 atom stereocenters. The van der Waals surface area contributed by atoms with E-state index in [0.29, 0.717) is 11.3 Å².